The first-order chi connectivity index (χ1) is 10.2. The molecule has 5 nitrogen and oxygen atoms in total. The topological polar surface area (TPSA) is 47.5 Å². The highest BCUT2D eigenvalue weighted by Crippen LogP contribution is 2.18. The minimum Gasteiger partial charge on any atom is -0.497 e. The molecule has 1 aromatic carbocycles. The molecule has 2 aromatic rings. The molecule has 1 heterocycles. The molecule has 0 saturated carbocycles. The summed E-state index contributed by atoms with van der Waals surface area (Å²) in [6, 6.07) is 7.62. The molecular weight excluding hydrogens is 266 g/mol. The van der Waals surface area contributed by atoms with Gasteiger partial charge in [-0.2, -0.15) is 0 Å². The summed E-state index contributed by atoms with van der Waals surface area (Å²) < 4.78 is 10.9. The fourth-order valence-electron chi connectivity index (χ4n) is 1.87. The van der Waals surface area contributed by atoms with Crippen LogP contribution in [-0.2, 0) is 6.54 Å². The predicted molar refractivity (Wildman–Crippen MR) is 81.6 cm³/mol. The molecule has 0 spiro atoms. The maximum Gasteiger partial charge on any atom is 0.123 e. The van der Waals surface area contributed by atoms with E-state index in [0.717, 1.165) is 36.0 Å². The van der Waals surface area contributed by atoms with E-state index in [0.29, 0.717) is 6.61 Å². The minimum absolute atomic E-state index is 0.614. The van der Waals surface area contributed by atoms with Crippen molar-refractivity contribution in [3.63, 3.8) is 0 Å². The molecule has 0 aliphatic carbocycles. The van der Waals surface area contributed by atoms with Crippen molar-refractivity contribution in [3.05, 3.63) is 48.0 Å². The molecule has 0 atom stereocenters. The summed E-state index contributed by atoms with van der Waals surface area (Å²) in [7, 11) is 3.69. The lowest BCUT2D eigenvalue weighted by molar-refractivity contribution is 0.230. The van der Waals surface area contributed by atoms with E-state index in [9.17, 15) is 0 Å². The van der Waals surface area contributed by atoms with Gasteiger partial charge in [0, 0.05) is 31.5 Å². The summed E-state index contributed by atoms with van der Waals surface area (Å²) in [5.74, 6) is 1.62. The second-order valence-corrected chi connectivity index (χ2v) is 4.91. The van der Waals surface area contributed by atoms with E-state index in [-0.39, 0.29) is 0 Å². The number of hydrogen-bond donors (Lipinski definition) is 0. The fourth-order valence-corrected chi connectivity index (χ4v) is 1.87. The summed E-state index contributed by atoms with van der Waals surface area (Å²) in [6.07, 6.45) is 3.60. The van der Waals surface area contributed by atoms with E-state index < -0.39 is 0 Å². The number of likely N-dealkylation sites (N-methyl/N-ethyl adjacent to an activating group) is 1. The summed E-state index contributed by atoms with van der Waals surface area (Å²) in [5.41, 5.74) is 1.90. The highest BCUT2D eigenvalue weighted by Gasteiger charge is 2.03. The van der Waals surface area contributed by atoms with Crippen LogP contribution in [0.5, 0.6) is 11.5 Å². The number of aromatic nitrogens is 2. The third-order valence-corrected chi connectivity index (χ3v) is 3.05. The van der Waals surface area contributed by atoms with Crippen molar-refractivity contribution in [2.45, 2.75) is 13.5 Å². The van der Waals surface area contributed by atoms with Crippen LogP contribution >= 0.6 is 0 Å². The zero-order chi connectivity index (χ0) is 15.1. The lowest BCUT2D eigenvalue weighted by Crippen LogP contribution is -2.24. The quantitative estimate of drug-likeness (QED) is 0.782. The maximum absolute atomic E-state index is 5.72. The lowest BCUT2D eigenvalue weighted by Gasteiger charge is -2.16. The van der Waals surface area contributed by atoms with E-state index in [2.05, 4.69) is 14.9 Å². The Labute approximate surface area is 125 Å². The Kier molecular flexibility index (Phi) is 5.51. The number of nitrogens with zero attached hydrogens (tertiary/aromatic N) is 3. The summed E-state index contributed by atoms with van der Waals surface area (Å²) >= 11 is 0. The number of hydrogen-bond acceptors (Lipinski definition) is 5. The van der Waals surface area contributed by atoms with Gasteiger partial charge in [-0.25, -0.2) is 0 Å². The summed E-state index contributed by atoms with van der Waals surface area (Å²) in [6.45, 7) is 4.12. The highest BCUT2D eigenvalue weighted by molar-refractivity contribution is 5.32. The smallest absolute Gasteiger partial charge is 0.123 e. The van der Waals surface area contributed by atoms with E-state index in [1.54, 1.807) is 13.3 Å². The molecule has 112 valence electrons. The van der Waals surface area contributed by atoms with Crippen LogP contribution in [0.2, 0.25) is 0 Å². The van der Waals surface area contributed by atoms with Gasteiger partial charge in [0.2, 0.25) is 0 Å². The summed E-state index contributed by atoms with van der Waals surface area (Å²) in [5, 5.41) is 0. The Hall–Kier alpha value is -2.14. The molecule has 0 N–H and O–H groups in total. The Morgan fingerprint density at radius 2 is 1.95 bits per heavy atom. The Bertz CT molecular complexity index is 558. The number of rotatable bonds is 7. The van der Waals surface area contributed by atoms with Gasteiger partial charge in [-0.1, -0.05) is 6.07 Å². The van der Waals surface area contributed by atoms with Gasteiger partial charge in [0.15, 0.2) is 0 Å². The maximum atomic E-state index is 5.72. The normalized spacial score (nSPS) is 10.7. The monoisotopic (exact) mass is 287 g/mol. The Balaban J connectivity index is 1.76. The van der Waals surface area contributed by atoms with Gasteiger partial charge in [-0.3, -0.25) is 14.9 Å². The molecule has 0 saturated heterocycles. The van der Waals surface area contributed by atoms with E-state index in [1.165, 1.54) is 0 Å². The van der Waals surface area contributed by atoms with Crippen LogP contribution in [0.25, 0.3) is 0 Å². The number of benzene rings is 1. The molecule has 5 heteroatoms. The molecule has 0 amide bonds. The van der Waals surface area contributed by atoms with Crippen LogP contribution in [0, 0.1) is 6.92 Å². The zero-order valence-corrected chi connectivity index (χ0v) is 12.7. The number of aryl methyl sites for hydroxylation is 1. The van der Waals surface area contributed by atoms with Crippen molar-refractivity contribution >= 4 is 0 Å². The van der Waals surface area contributed by atoms with Crippen LogP contribution in [0.3, 0.4) is 0 Å². The van der Waals surface area contributed by atoms with Crippen LogP contribution in [-0.4, -0.2) is 42.2 Å². The molecule has 1 aromatic heterocycles. The SMILES string of the molecule is COc1cccc(OCCN(C)Cc2cnc(C)cn2)c1. The van der Waals surface area contributed by atoms with Gasteiger partial charge in [-0.05, 0) is 26.1 Å². The average Bonchev–Trinajstić information content (AvgIpc) is 2.50. The van der Waals surface area contributed by atoms with Crippen molar-refractivity contribution in [1.29, 1.82) is 0 Å². The molecule has 21 heavy (non-hydrogen) atoms. The summed E-state index contributed by atoms with van der Waals surface area (Å²) in [4.78, 5) is 10.7. The molecule has 2 rings (SSSR count). The first-order valence-electron chi connectivity index (χ1n) is 6.90. The Morgan fingerprint density at radius 3 is 2.67 bits per heavy atom. The van der Waals surface area contributed by atoms with Crippen molar-refractivity contribution in [3.8, 4) is 11.5 Å². The van der Waals surface area contributed by atoms with E-state index in [4.69, 9.17) is 9.47 Å². The van der Waals surface area contributed by atoms with Gasteiger partial charge in [0.1, 0.15) is 18.1 Å². The molecular formula is C16H21N3O2. The molecule has 0 fully saturated rings. The Morgan fingerprint density at radius 1 is 1.14 bits per heavy atom. The van der Waals surface area contributed by atoms with Crippen molar-refractivity contribution in [1.82, 2.24) is 14.9 Å². The first-order valence-corrected chi connectivity index (χ1v) is 6.90. The number of methoxy groups -OCH3 is 1. The lowest BCUT2D eigenvalue weighted by atomic mass is 10.3. The van der Waals surface area contributed by atoms with Crippen LogP contribution < -0.4 is 9.47 Å². The van der Waals surface area contributed by atoms with Crippen molar-refractivity contribution in [2.24, 2.45) is 0 Å². The fraction of sp³-hybridized carbons (Fsp3) is 0.375. The zero-order valence-electron chi connectivity index (χ0n) is 12.7. The van der Waals surface area contributed by atoms with Crippen LogP contribution in [0.15, 0.2) is 36.7 Å². The van der Waals surface area contributed by atoms with Gasteiger partial charge in [0.25, 0.3) is 0 Å². The highest BCUT2D eigenvalue weighted by atomic mass is 16.5. The van der Waals surface area contributed by atoms with E-state index >= 15 is 0 Å². The third-order valence-electron chi connectivity index (χ3n) is 3.05. The van der Waals surface area contributed by atoms with Gasteiger partial charge < -0.3 is 9.47 Å². The van der Waals surface area contributed by atoms with Crippen molar-refractivity contribution in [2.75, 3.05) is 27.3 Å². The molecule has 0 bridgehead atoms. The molecule has 0 radical (unpaired) electrons. The van der Waals surface area contributed by atoms with Crippen molar-refractivity contribution < 1.29 is 9.47 Å². The largest absolute Gasteiger partial charge is 0.497 e. The standard InChI is InChI=1S/C16H21N3O2/c1-13-10-18-14(11-17-13)12-19(2)7-8-21-16-6-4-5-15(9-16)20-3/h4-6,9-11H,7-8,12H2,1-3H3. The van der Waals surface area contributed by atoms with Gasteiger partial charge >= 0.3 is 0 Å². The van der Waals surface area contributed by atoms with Gasteiger partial charge in [0.05, 0.1) is 18.5 Å². The second-order valence-electron chi connectivity index (χ2n) is 4.91. The second kappa shape index (κ2) is 7.59. The van der Waals surface area contributed by atoms with Crippen LogP contribution in [0.1, 0.15) is 11.4 Å². The van der Waals surface area contributed by atoms with Gasteiger partial charge in [-0.15, -0.1) is 0 Å². The average molecular weight is 287 g/mol. The van der Waals surface area contributed by atoms with Crippen LogP contribution in [0.4, 0.5) is 0 Å². The molecule has 0 aliphatic rings. The third kappa shape index (κ3) is 5.04. The first kappa shape index (κ1) is 15.3. The number of ether oxygens (including phenoxy) is 2. The minimum atomic E-state index is 0.614. The predicted octanol–water partition coefficient (Wildman–Crippen LogP) is 2.30. The molecule has 0 aliphatic heterocycles. The molecule has 0 unspecified atom stereocenters. The van der Waals surface area contributed by atoms with E-state index in [1.807, 2.05) is 44.4 Å².